The maximum atomic E-state index is 12.5. The van der Waals surface area contributed by atoms with Crippen LogP contribution in [0.3, 0.4) is 0 Å². The highest BCUT2D eigenvalue weighted by molar-refractivity contribution is 5.83. The fraction of sp³-hybridized carbons (Fsp3) is 0.588. The Labute approximate surface area is 120 Å². The summed E-state index contributed by atoms with van der Waals surface area (Å²) in [6, 6.07) is 7.64. The molecule has 1 unspecified atom stereocenters. The molecule has 3 heteroatoms. The first kappa shape index (κ1) is 13.6. The van der Waals surface area contributed by atoms with Gasteiger partial charge >= 0.3 is 0 Å². The van der Waals surface area contributed by atoms with Crippen LogP contribution in [0.15, 0.2) is 24.3 Å². The predicted molar refractivity (Wildman–Crippen MR) is 79.4 cm³/mol. The summed E-state index contributed by atoms with van der Waals surface area (Å²) in [4.78, 5) is 12.5. The molecule has 108 valence electrons. The zero-order valence-electron chi connectivity index (χ0n) is 11.9. The number of benzene rings is 1. The van der Waals surface area contributed by atoms with Crippen molar-refractivity contribution in [3.05, 3.63) is 29.8 Å². The molecule has 1 saturated heterocycles. The first-order valence-corrected chi connectivity index (χ1v) is 7.68. The number of carbonyl (C=O) groups excluding carboxylic acids is 1. The molecule has 3 nitrogen and oxygen atoms in total. The van der Waals surface area contributed by atoms with E-state index in [1.54, 1.807) is 0 Å². The van der Waals surface area contributed by atoms with Crippen LogP contribution in [0.5, 0.6) is 0 Å². The summed E-state index contributed by atoms with van der Waals surface area (Å²) in [6.07, 6.45) is 7.12. The van der Waals surface area contributed by atoms with Crippen molar-refractivity contribution in [1.29, 1.82) is 0 Å². The summed E-state index contributed by atoms with van der Waals surface area (Å²) in [5.41, 5.74) is 7.52. The quantitative estimate of drug-likeness (QED) is 0.861. The number of ether oxygens (including phenoxy) is 1. The topological polar surface area (TPSA) is 52.3 Å². The molecule has 2 fully saturated rings. The van der Waals surface area contributed by atoms with Gasteiger partial charge in [-0.05, 0) is 43.4 Å². The van der Waals surface area contributed by atoms with Crippen LogP contribution in [-0.4, -0.2) is 18.0 Å². The minimum absolute atomic E-state index is 0.0275. The largest absolute Gasteiger partial charge is 0.399 e. The minimum Gasteiger partial charge on any atom is -0.399 e. The van der Waals surface area contributed by atoms with E-state index in [4.69, 9.17) is 10.5 Å². The third kappa shape index (κ3) is 2.88. The van der Waals surface area contributed by atoms with E-state index in [1.165, 1.54) is 12.8 Å². The third-order valence-corrected chi connectivity index (χ3v) is 4.82. The first-order chi connectivity index (χ1) is 9.67. The van der Waals surface area contributed by atoms with E-state index < -0.39 is 0 Å². The highest BCUT2D eigenvalue weighted by atomic mass is 16.5. The van der Waals surface area contributed by atoms with Crippen LogP contribution in [0, 0.1) is 5.92 Å². The van der Waals surface area contributed by atoms with Gasteiger partial charge in [-0.15, -0.1) is 0 Å². The highest BCUT2D eigenvalue weighted by Gasteiger charge is 2.41. The molecule has 0 bridgehead atoms. The van der Waals surface area contributed by atoms with Gasteiger partial charge < -0.3 is 10.5 Å². The Morgan fingerprint density at radius 2 is 1.95 bits per heavy atom. The lowest BCUT2D eigenvalue weighted by molar-refractivity contribution is -0.135. The average molecular weight is 273 g/mol. The summed E-state index contributed by atoms with van der Waals surface area (Å²) in [5.74, 6) is 0.545. The fourth-order valence-electron chi connectivity index (χ4n) is 3.65. The Morgan fingerprint density at radius 1 is 1.25 bits per heavy atom. The SMILES string of the molecule is Nc1ccc(CC(=O)C2CCOC3(CCCC3)C2)cc1. The summed E-state index contributed by atoms with van der Waals surface area (Å²) in [5, 5.41) is 0. The maximum absolute atomic E-state index is 12.5. The number of anilines is 1. The predicted octanol–water partition coefficient (Wildman–Crippen LogP) is 3.12. The van der Waals surface area contributed by atoms with Gasteiger partial charge in [-0.1, -0.05) is 25.0 Å². The minimum atomic E-state index is 0.0275. The van der Waals surface area contributed by atoms with E-state index in [2.05, 4.69) is 0 Å². The molecule has 1 spiro atoms. The van der Waals surface area contributed by atoms with Crippen molar-refractivity contribution in [2.45, 2.75) is 50.5 Å². The Hall–Kier alpha value is -1.35. The number of hydrogen-bond donors (Lipinski definition) is 1. The molecular formula is C17H23NO2. The van der Waals surface area contributed by atoms with Crippen LogP contribution in [0.2, 0.25) is 0 Å². The molecule has 3 rings (SSSR count). The van der Waals surface area contributed by atoms with Crippen LogP contribution >= 0.6 is 0 Å². The van der Waals surface area contributed by atoms with E-state index in [0.717, 1.165) is 43.5 Å². The van der Waals surface area contributed by atoms with Crippen molar-refractivity contribution in [3.63, 3.8) is 0 Å². The lowest BCUT2D eigenvalue weighted by Crippen LogP contribution is -2.40. The van der Waals surface area contributed by atoms with Gasteiger partial charge in [0.2, 0.25) is 0 Å². The average Bonchev–Trinajstić information content (AvgIpc) is 2.89. The summed E-state index contributed by atoms with van der Waals surface area (Å²) >= 11 is 0. The molecule has 1 atom stereocenters. The molecule has 1 aliphatic carbocycles. The van der Waals surface area contributed by atoms with Crippen molar-refractivity contribution in [2.24, 2.45) is 5.92 Å². The van der Waals surface area contributed by atoms with Crippen LogP contribution in [0.4, 0.5) is 5.69 Å². The van der Waals surface area contributed by atoms with Gasteiger partial charge in [0, 0.05) is 24.6 Å². The highest BCUT2D eigenvalue weighted by Crippen LogP contribution is 2.42. The molecule has 0 aromatic heterocycles. The third-order valence-electron chi connectivity index (χ3n) is 4.82. The van der Waals surface area contributed by atoms with Crippen LogP contribution in [0.1, 0.15) is 44.1 Å². The number of Topliss-reactive ketones (excluding diaryl/α,β-unsaturated/α-hetero) is 1. The molecule has 1 aromatic carbocycles. The van der Waals surface area contributed by atoms with E-state index in [1.807, 2.05) is 24.3 Å². The zero-order chi connectivity index (χ0) is 14.0. The van der Waals surface area contributed by atoms with Crippen LogP contribution in [-0.2, 0) is 16.0 Å². The Kier molecular flexibility index (Phi) is 3.79. The van der Waals surface area contributed by atoms with Gasteiger partial charge in [0.05, 0.1) is 5.60 Å². The molecular weight excluding hydrogens is 250 g/mol. The standard InChI is InChI=1S/C17H23NO2/c18-15-5-3-13(4-6-15)11-16(19)14-7-10-20-17(12-14)8-1-2-9-17/h3-6,14H,1-2,7-12,18H2. The second kappa shape index (κ2) is 5.57. The van der Waals surface area contributed by atoms with E-state index in [9.17, 15) is 4.79 Å². The second-order valence-corrected chi connectivity index (χ2v) is 6.31. The summed E-state index contributed by atoms with van der Waals surface area (Å²) < 4.78 is 6.00. The number of ketones is 1. The Balaban J connectivity index is 1.63. The lowest BCUT2D eigenvalue weighted by atomic mass is 9.81. The fourth-order valence-corrected chi connectivity index (χ4v) is 3.65. The van der Waals surface area contributed by atoms with Gasteiger partial charge in [-0.25, -0.2) is 0 Å². The van der Waals surface area contributed by atoms with Crippen molar-refractivity contribution < 1.29 is 9.53 Å². The molecule has 20 heavy (non-hydrogen) atoms. The molecule has 2 N–H and O–H groups in total. The number of carbonyl (C=O) groups is 1. The van der Waals surface area contributed by atoms with Gasteiger partial charge in [0.25, 0.3) is 0 Å². The Morgan fingerprint density at radius 3 is 2.65 bits per heavy atom. The molecule has 0 amide bonds. The van der Waals surface area contributed by atoms with Crippen molar-refractivity contribution in [3.8, 4) is 0 Å². The molecule has 1 saturated carbocycles. The lowest BCUT2D eigenvalue weighted by Gasteiger charge is -2.37. The number of nitrogen functional groups attached to an aromatic ring is 1. The first-order valence-electron chi connectivity index (χ1n) is 7.68. The summed E-state index contributed by atoms with van der Waals surface area (Å²) in [6.45, 7) is 0.748. The number of hydrogen-bond acceptors (Lipinski definition) is 3. The van der Waals surface area contributed by atoms with Crippen molar-refractivity contribution in [2.75, 3.05) is 12.3 Å². The van der Waals surface area contributed by atoms with E-state index >= 15 is 0 Å². The normalized spacial score (nSPS) is 24.9. The van der Waals surface area contributed by atoms with E-state index in [0.29, 0.717) is 12.2 Å². The maximum Gasteiger partial charge on any atom is 0.140 e. The molecule has 2 aliphatic rings. The zero-order valence-corrected chi connectivity index (χ0v) is 11.9. The van der Waals surface area contributed by atoms with E-state index in [-0.39, 0.29) is 11.5 Å². The van der Waals surface area contributed by atoms with Gasteiger partial charge in [0.15, 0.2) is 0 Å². The molecule has 1 heterocycles. The molecule has 0 radical (unpaired) electrons. The van der Waals surface area contributed by atoms with Crippen LogP contribution < -0.4 is 5.73 Å². The van der Waals surface area contributed by atoms with Crippen molar-refractivity contribution in [1.82, 2.24) is 0 Å². The smallest absolute Gasteiger partial charge is 0.140 e. The van der Waals surface area contributed by atoms with Gasteiger partial charge in [0.1, 0.15) is 5.78 Å². The van der Waals surface area contributed by atoms with Crippen LogP contribution in [0.25, 0.3) is 0 Å². The van der Waals surface area contributed by atoms with Gasteiger partial charge in [-0.3, -0.25) is 4.79 Å². The Bertz CT molecular complexity index is 474. The monoisotopic (exact) mass is 273 g/mol. The number of rotatable bonds is 3. The van der Waals surface area contributed by atoms with Gasteiger partial charge in [-0.2, -0.15) is 0 Å². The molecule has 1 aliphatic heterocycles. The molecule has 1 aromatic rings. The number of nitrogens with two attached hydrogens (primary N) is 1. The second-order valence-electron chi connectivity index (χ2n) is 6.31. The van der Waals surface area contributed by atoms with Crippen molar-refractivity contribution >= 4 is 11.5 Å². The summed E-state index contributed by atoms with van der Waals surface area (Å²) in [7, 11) is 0.